The van der Waals surface area contributed by atoms with Gasteiger partial charge >= 0.3 is 0 Å². The molecule has 0 spiro atoms. The Morgan fingerprint density at radius 2 is 2.47 bits per heavy atom. The van der Waals surface area contributed by atoms with Gasteiger partial charge in [-0.25, -0.2) is 4.98 Å². The Labute approximate surface area is 93.7 Å². The highest BCUT2D eigenvalue weighted by atomic mass is 32.1. The Balaban J connectivity index is 2.54. The van der Waals surface area contributed by atoms with Crippen molar-refractivity contribution in [3.63, 3.8) is 0 Å². The lowest BCUT2D eigenvalue weighted by molar-refractivity contribution is 0.0898. The van der Waals surface area contributed by atoms with Crippen molar-refractivity contribution in [1.29, 1.82) is 0 Å². The first-order chi connectivity index (χ1) is 7.17. The number of hydrogen-bond acceptors (Lipinski definition) is 4. The number of methoxy groups -OCH3 is 1. The number of nitrogens with one attached hydrogen (secondary N) is 1. The van der Waals surface area contributed by atoms with Crippen LogP contribution in [0.1, 0.15) is 28.0 Å². The van der Waals surface area contributed by atoms with E-state index in [1.165, 1.54) is 11.3 Å². The summed E-state index contributed by atoms with van der Waals surface area (Å²) in [4.78, 5) is 16.4. The quantitative estimate of drug-likeness (QED) is 0.833. The number of aromatic nitrogens is 1. The van der Waals surface area contributed by atoms with Gasteiger partial charge in [0.15, 0.2) is 0 Å². The summed E-state index contributed by atoms with van der Waals surface area (Å²) in [5.41, 5.74) is 0. The van der Waals surface area contributed by atoms with Gasteiger partial charge in [0, 0.05) is 7.11 Å². The third-order valence-corrected chi connectivity index (χ3v) is 2.95. The average Bonchev–Trinajstić information content (AvgIpc) is 2.64. The van der Waals surface area contributed by atoms with Gasteiger partial charge in [0.1, 0.15) is 4.88 Å². The molecule has 15 heavy (non-hydrogen) atoms. The maximum atomic E-state index is 11.7. The van der Waals surface area contributed by atoms with Crippen LogP contribution in [0.3, 0.4) is 0 Å². The van der Waals surface area contributed by atoms with Gasteiger partial charge in [0.2, 0.25) is 0 Å². The maximum absolute atomic E-state index is 11.7. The molecule has 1 heterocycles. The first-order valence-corrected chi connectivity index (χ1v) is 5.71. The summed E-state index contributed by atoms with van der Waals surface area (Å²) in [6, 6.07) is 0.0740. The van der Waals surface area contributed by atoms with E-state index < -0.39 is 0 Å². The van der Waals surface area contributed by atoms with Crippen LogP contribution in [0, 0.1) is 6.92 Å². The molecule has 1 rings (SSSR count). The highest BCUT2D eigenvalue weighted by molar-refractivity contribution is 7.13. The lowest BCUT2D eigenvalue weighted by Crippen LogP contribution is -2.37. The molecule has 0 aromatic carbocycles. The van der Waals surface area contributed by atoms with E-state index in [9.17, 15) is 4.79 Å². The van der Waals surface area contributed by atoms with Crippen molar-refractivity contribution in [2.45, 2.75) is 26.3 Å². The third kappa shape index (κ3) is 3.60. The summed E-state index contributed by atoms with van der Waals surface area (Å²) in [6.07, 6.45) is 2.46. The van der Waals surface area contributed by atoms with E-state index in [-0.39, 0.29) is 11.9 Å². The van der Waals surface area contributed by atoms with Crippen molar-refractivity contribution in [3.8, 4) is 0 Å². The van der Waals surface area contributed by atoms with Gasteiger partial charge in [-0.3, -0.25) is 4.79 Å². The van der Waals surface area contributed by atoms with Crippen LogP contribution in [-0.4, -0.2) is 30.6 Å². The van der Waals surface area contributed by atoms with Crippen LogP contribution in [0.25, 0.3) is 0 Å². The molecule has 1 aromatic rings. The zero-order chi connectivity index (χ0) is 11.3. The monoisotopic (exact) mass is 228 g/mol. The summed E-state index contributed by atoms with van der Waals surface area (Å²) < 4.78 is 5.01. The van der Waals surface area contributed by atoms with Gasteiger partial charge in [-0.05, 0) is 13.3 Å². The van der Waals surface area contributed by atoms with Gasteiger partial charge in [0.05, 0.1) is 23.9 Å². The molecule has 1 N–H and O–H groups in total. The smallest absolute Gasteiger partial charge is 0.263 e. The Morgan fingerprint density at radius 3 is 2.93 bits per heavy atom. The van der Waals surface area contributed by atoms with Crippen LogP contribution in [0.2, 0.25) is 0 Å². The number of thiazole rings is 1. The molecule has 0 aliphatic rings. The minimum absolute atomic E-state index is 0.0653. The highest BCUT2D eigenvalue weighted by Crippen LogP contribution is 2.11. The SMILES string of the molecule is CC[C@@H](COC)NC(=O)c1cnc(C)s1. The molecule has 0 aliphatic heterocycles. The van der Waals surface area contributed by atoms with Crippen LogP contribution in [0.5, 0.6) is 0 Å². The number of ether oxygens (including phenoxy) is 1. The standard InChI is InChI=1S/C10H16N2O2S/c1-4-8(6-14-3)12-10(13)9-5-11-7(2)15-9/h5,8H,4,6H2,1-3H3,(H,12,13)/t8-/m0/s1. The van der Waals surface area contributed by atoms with E-state index in [1.807, 2.05) is 13.8 Å². The van der Waals surface area contributed by atoms with Crippen molar-refractivity contribution in [3.05, 3.63) is 16.1 Å². The number of aryl methyl sites for hydroxylation is 1. The Kier molecular flexibility index (Phi) is 4.71. The number of rotatable bonds is 5. The first kappa shape index (κ1) is 12.1. The summed E-state index contributed by atoms with van der Waals surface area (Å²) in [6.45, 7) is 4.44. The molecular formula is C10H16N2O2S. The van der Waals surface area contributed by atoms with Gasteiger partial charge in [-0.15, -0.1) is 11.3 Å². The van der Waals surface area contributed by atoms with Crippen LogP contribution in [0.4, 0.5) is 0 Å². The molecule has 5 heteroatoms. The van der Waals surface area contributed by atoms with Gasteiger partial charge in [0.25, 0.3) is 5.91 Å². The summed E-state index contributed by atoms with van der Waals surface area (Å²) >= 11 is 1.40. The zero-order valence-electron chi connectivity index (χ0n) is 9.24. The fraction of sp³-hybridized carbons (Fsp3) is 0.600. The van der Waals surface area contributed by atoms with Crippen LogP contribution >= 0.6 is 11.3 Å². The van der Waals surface area contributed by atoms with Crippen molar-refractivity contribution >= 4 is 17.2 Å². The fourth-order valence-corrected chi connectivity index (χ4v) is 1.87. The van der Waals surface area contributed by atoms with Gasteiger partial charge in [-0.1, -0.05) is 6.92 Å². The van der Waals surface area contributed by atoms with Crippen molar-refractivity contribution in [2.75, 3.05) is 13.7 Å². The molecule has 1 aromatic heterocycles. The largest absolute Gasteiger partial charge is 0.383 e. The number of amides is 1. The number of nitrogens with zero attached hydrogens (tertiary/aromatic N) is 1. The average molecular weight is 228 g/mol. The fourth-order valence-electron chi connectivity index (χ4n) is 1.19. The second-order valence-corrected chi connectivity index (χ2v) is 4.51. The van der Waals surface area contributed by atoms with Gasteiger partial charge in [-0.2, -0.15) is 0 Å². The van der Waals surface area contributed by atoms with E-state index >= 15 is 0 Å². The molecule has 0 bridgehead atoms. The zero-order valence-corrected chi connectivity index (χ0v) is 10.1. The number of carbonyl (C=O) groups is 1. The van der Waals surface area contributed by atoms with Crippen molar-refractivity contribution in [2.24, 2.45) is 0 Å². The molecule has 1 amide bonds. The Hall–Kier alpha value is -0.940. The maximum Gasteiger partial charge on any atom is 0.263 e. The highest BCUT2D eigenvalue weighted by Gasteiger charge is 2.13. The minimum atomic E-state index is -0.0653. The number of hydrogen-bond donors (Lipinski definition) is 1. The van der Waals surface area contributed by atoms with Gasteiger partial charge < -0.3 is 10.1 Å². The third-order valence-electron chi connectivity index (χ3n) is 2.04. The van der Waals surface area contributed by atoms with Crippen LogP contribution in [0.15, 0.2) is 6.20 Å². The number of carbonyl (C=O) groups excluding carboxylic acids is 1. The molecule has 0 unspecified atom stereocenters. The molecule has 0 aliphatic carbocycles. The second kappa shape index (κ2) is 5.82. The Morgan fingerprint density at radius 1 is 1.73 bits per heavy atom. The molecule has 84 valence electrons. The summed E-state index contributed by atoms with van der Waals surface area (Å²) in [5.74, 6) is -0.0653. The molecule has 0 radical (unpaired) electrons. The van der Waals surface area contributed by atoms with E-state index in [0.29, 0.717) is 11.5 Å². The van der Waals surface area contributed by atoms with Crippen LogP contribution < -0.4 is 5.32 Å². The van der Waals surface area contributed by atoms with Crippen molar-refractivity contribution < 1.29 is 9.53 Å². The predicted octanol–water partition coefficient (Wildman–Crippen LogP) is 1.61. The second-order valence-electron chi connectivity index (χ2n) is 3.28. The van der Waals surface area contributed by atoms with Crippen LogP contribution in [-0.2, 0) is 4.74 Å². The molecule has 1 atom stereocenters. The lowest BCUT2D eigenvalue weighted by Gasteiger charge is -2.14. The van der Waals surface area contributed by atoms with E-state index in [1.54, 1.807) is 13.3 Å². The molecule has 0 saturated heterocycles. The molecule has 0 saturated carbocycles. The van der Waals surface area contributed by atoms with E-state index in [0.717, 1.165) is 11.4 Å². The van der Waals surface area contributed by atoms with E-state index in [2.05, 4.69) is 10.3 Å². The normalized spacial score (nSPS) is 12.5. The molecule has 4 nitrogen and oxygen atoms in total. The molecular weight excluding hydrogens is 212 g/mol. The first-order valence-electron chi connectivity index (χ1n) is 4.89. The predicted molar refractivity (Wildman–Crippen MR) is 60.3 cm³/mol. The van der Waals surface area contributed by atoms with Crippen molar-refractivity contribution in [1.82, 2.24) is 10.3 Å². The van der Waals surface area contributed by atoms with E-state index in [4.69, 9.17) is 4.74 Å². The summed E-state index contributed by atoms with van der Waals surface area (Å²) in [7, 11) is 1.63. The topological polar surface area (TPSA) is 51.2 Å². The Bertz CT molecular complexity index is 325. The summed E-state index contributed by atoms with van der Waals surface area (Å²) in [5, 5.41) is 3.81. The lowest BCUT2D eigenvalue weighted by atomic mass is 10.2. The molecule has 0 fully saturated rings. The minimum Gasteiger partial charge on any atom is -0.383 e.